The van der Waals surface area contributed by atoms with Crippen LogP contribution in [0.5, 0.6) is 5.75 Å². The first kappa shape index (κ1) is 15.1. The molecule has 2 heterocycles. The summed E-state index contributed by atoms with van der Waals surface area (Å²) >= 11 is 0. The number of ether oxygens (including phenoxy) is 1. The van der Waals surface area contributed by atoms with Gasteiger partial charge in [-0.15, -0.1) is 0 Å². The summed E-state index contributed by atoms with van der Waals surface area (Å²) in [5.74, 6) is 1.15. The number of methoxy groups -OCH3 is 1. The molecule has 0 aliphatic carbocycles. The quantitative estimate of drug-likeness (QED) is 0.769. The molecule has 1 amide bonds. The largest absolute Gasteiger partial charge is 0.497 e. The fourth-order valence-electron chi connectivity index (χ4n) is 2.83. The lowest BCUT2D eigenvalue weighted by Crippen LogP contribution is -2.12. The first-order chi connectivity index (χ1) is 12.2. The van der Waals surface area contributed by atoms with E-state index in [1.54, 1.807) is 13.3 Å². The molecule has 1 aliphatic heterocycles. The summed E-state index contributed by atoms with van der Waals surface area (Å²) in [4.78, 5) is 21.1. The lowest BCUT2D eigenvalue weighted by molar-refractivity contribution is -0.115. The van der Waals surface area contributed by atoms with Crippen LogP contribution in [-0.4, -0.2) is 23.0 Å². The Morgan fingerprint density at radius 1 is 1.16 bits per heavy atom. The van der Waals surface area contributed by atoms with Gasteiger partial charge in [0.2, 0.25) is 11.9 Å². The number of para-hydroxylation sites is 1. The van der Waals surface area contributed by atoms with E-state index in [1.807, 2.05) is 48.5 Å². The number of rotatable bonds is 3. The monoisotopic (exact) mass is 332 g/mol. The van der Waals surface area contributed by atoms with E-state index in [0.29, 0.717) is 5.95 Å². The summed E-state index contributed by atoms with van der Waals surface area (Å²) in [6.07, 6.45) is 1.95. The van der Waals surface area contributed by atoms with Gasteiger partial charge in [0.05, 0.1) is 24.9 Å². The van der Waals surface area contributed by atoms with E-state index in [9.17, 15) is 4.79 Å². The third kappa shape index (κ3) is 3.01. The molecule has 0 unspecified atom stereocenters. The number of carbonyl (C=O) groups is 1. The van der Waals surface area contributed by atoms with Crippen LogP contribution in [0.4, 0.5) is 17.3 Å². The summed E-state index contributed by atoms with van der Waals surface area (Å²) in [5.41, 5.74) is 4.04. The van der Waals surface area contributed by atoms with Crippen LogP contribution in [0, 0.1) is 0 Å². The van der Waals surface area contributed by atoms with Crippen molar-refractivity contribution in [2.45, 2.75) is 6.42 Å². The second-order valence-corrected chi connectivity index (χ2v) is 5.69. The predicted molar refractivity (Wildman–Crippen MR) is 96.1 cm³/mol. The maximum absolute atomic E-state index is 12.1. The fourth-order valence-corrected chi connectivity index (χ4v) is 2.83. The number of nitrogens with zero attached hydrogens (tertiary/aromatic N) is 2. The fraction of sp³-hybridized carbons (Fsp3) is 0.105. The number of amides is 1. The Hall–Kier alpha value is -3.41. The summed E-state index contributed by atoms with van der Waals surface area (Å²) < 4.78 is 5.23. The standard InChI is InChI=1S/C19H16N4O2/c1-25-14-6-4-5-13(10-14)21-19-20-11-12-9-17(24)22-16-8-3-2-7-15(16)18(12)23-19/h2-8,10-11H,9H2,1H3,(H,22,24)(H,20,21,23). The maximum atomic E-state index is 12.1. The summed E-state index contributed by atoms with van der Waals surface area (Å²) in [5, 5.41) is 6.09. The highest BCUT2D eigenvalue weighted by Crippen LogP contribution is 2.32. The lowest BCUT2D eigenvalue weighted by atomic mass is 10.1. The maximum Gasteiger partial charge on any atom is 0.228 e. The van der Waals surface area contributed by atoms with Gasteiger partial charge in [0.25, 0.3) is 0 Å². The number of fused-ring (bicyclic) bond motifs is 3. The normalized spacial score (nSPS) is 12.4. The molecule has 6 heteroatoms. The molecule has 0 spiro atoms. The average molecular weight is 332 g/mol. The van der Waals surface area contributed by atoms with Gasteiger partial charge in [0.1, 0.15) is 5.75 Å². The molecule has 2 N–H and O–H groups in total. The Balaban J connectivity index is 1.75. The van der Waals surface area contributed by atoms with Crippen molar-refractivity contribution in [2.75, 3.05) is 17.7 Å². The molecule has 25 heavy (non-hydrogen) atoms. The molecule has 0 fully saturated rings. The van der Waals surface area contributed by atoms with Crippen LogP contribution in [0.3, 0.4) is 0 Å². The highest BCUT2D eigenvalue weighted by molar-refractivity contribution is 5.99. The van der Waals surface area contributed by atoms with Gasteiger partial charge in [-0.05, 0) is 18.2 Å². The molecule has 6 nitrogen and oxygen atoms in total. The molecule has 0 atom stereocenters. The van der Waals surface area contributed by atoms with Gasteiger partial charge < -0.3 is 15.4 Å². The molecule has 0 saturated carbocycles. The van der Waals surface area contributed by atoms with Gasteiger partial charge >= 0.3 is 0 Å². The second-order valence-electron chi connectivity index (χ2n) is 5.69. The third-order valence-electron chi connectivity index (χ3n) is 4.00. The molecule has 124 valence electrons. The minimum atomic E-state index is -0.0664. The SMILES string of the molecule is COc1cccc(Nc2ncc3c(n2)-c2ccccc2NC(=O)C3)c1. The molecule has 1 aromatic heterocycles. The third-order valence-corrected chi connectivity index (χ3v) is 4.00. The highest BCUT2D eigenvalue weighted by Gasteiger charge is 2.20. The van der Waals surface area contributed by atoms with Crippen molar-refractivity contribution in [2.24, 2.45) is 0 Å². The van der Waals surface area contributed by atoms with E-state index in [1.165, 1.54) is 0 Å². The van der Waals surface area contributed by atoms with Crippen LogP contribution >= 0.6 is 0 Å². The van der Waals surface area contributed by atoms with Crippen molar-refractivity contribution >= 4 is 23.2 Å². The number of anilines is 3. The number of carbonyl (C=O) groups excluding carboxylic acids is 1. The molecule has 4 rings (SSSR count). The Kier molecular flexibility index (Phi) is 3.78. The van der Waals surface area contributed by atoms with Crippen LogP contribution < -0.4 is 15.4 Å². The molecule has 1 aliphatic rings. The number of benzene rings is 2. The molecule has 2 aromatic carbocycles. The van der Waals surface area contributed by atoms with E-state index >= 15 is 0 Å². The number of hydrogen-bond donors (Lipinski definition) is 2. The number of hydrogen-bond acceptors (Lipinski definition) is 5. The zero-order valence-electron chi connectivity index (χ0n) is 13.6. The van der Waals surface area contributed by atoms with Crippen molar-refractivity contribution in [1.29, 1.82) is 0 Å². The zero-order chi connectivity index (χ0) is 17.2. The van der Waals surface area contributed by atoms with Crippen molar-refractivity contribution in [3.05, 3.63) is 60.3 Å². The number of aromatic nitrogens is 2. The Bertz CT molecular complexity index is 956. The smallest absolute Gasteiger partial charge is 0.228 e. The summed E-state index contributed by atoms with van der Waals surface area (Å²) in [7, 11) is 1.62. The van der Waals surface area contributed by atoms with Crippen molar-refractivity contribution in [3.8, 4) is 17.0 Å². The second kappa shape index (κ2) is 6.24. The molecular formula is C19H16N4O2. The van der Waals surface area contributed by atoms with Gasteiger partial charge in [-0.2, -0.15) is 0 Å². The van der Waals surface area contributed by atoms with E-state index in [4.69, 9.17) is 4.74 Å². The lowest BCUT2D eigenvalue weighted by Gasteiger charge is -2.11. The molecule has 0 saturated heterocycles. The predicted octanol–water partition coefficient (Wildman–Crippen LogP) is 3.39. The van der Waals surface area contributed by atoms with Crippen LogP contribution in [0.2, 0.25) is 0 Å². The van der Waals surface area contributed by atoms with E-state index in [2.05, 4.69) is 20.6 Å². The zero-order valence-corrected chi connectivity index (χ0v) is 13.6. The van der Waals surface area contributed by atoms with Gasteiger partial charge in [-0.25, -0.2) is 9.97 Å². The molecule has 0 radical (unpaired) electrons. The topological polar surface area (TPSA) is 76.1 Å². The van der Waals surface area contributed by atoms with E-state index in [-0.39, 0.29) is 12.3 Å². The van der Waals surface area contributed by atoms with Crippen molar-refractivity contribution < 1.29 is 9.53 Å². The van der Waals surface area contributed by atoms with Gasteiger partial charge in [0.15, 0.2) is 0 Å². The van der Waals surface area contributed by atoms with Crippen LogP contribution in [0.15, 0.2) is 54.7 Å². The number of nitrogens with one attached hydrogen (secondary N) is 2. The minimum Gasteiger partial charge on any atom is -0.497 e. The molecule has 3 aromatic rings. The minimum absolute atomic E-state index is 0.0664. The molecular weight excluding hydrogens is 316 g/mol. The Labute approximate surface area is 144 Å². The van der Waals surface area contributed by atoms with Crippen LogP contribution in [0.25, 0.3) is 11.3 Å². The molecule has 0 bridgehead atoms. The van der Waals surface area contributed by atoms with Gasteiger partial charge in [-0.1, -0.05) is 24.3 Å². The Morgan fingerprint density at radius 3 is 2.92 bits per heavy atom. The van der Waals surface area contributed by atoms with Crippen LogP contribution in [-0.2, 0) is 11.2 Å². The van der Waals surface area contributed by atoms with Crippen LogP contribution in [0.1, 0.15) is 5.56 Å². The van der Waals surface area contributed by atoms with Crippen molar-refractivity contribution in [3.63, 3.8) is 0 Å². The highest BCUT2D eigenvalue weighted by atomic mass is 16.5. The van der Waals surface area contributed by atoms with Gasteiger partial charge in [0, 0.05) is 29.1 Å². The van der Waals surface area contributed by atoms with E-state index in [0.717, 1.165) is 33.9 Å². The van der Waals surface area contributed by atoms with E-state index < -0.39 is 0 Å². The first-order valence-electron chi connectivity index (χ1n) is 7.89. The average Bonchev–Trinajstić information content (AvgIpc) is 2.77. The first-order valence-corrected chi connectivity index (χ1v) is 7.89. The van der Waals surface area contributed by atoms with Gasteiger partial charge in [-0.3, -0.25) is 4.79 Å². The van der Waals surface area contributed by atoms with Crippen molar-refractivity contribution in [1.82, 2.24) is 9.97 Å². The Morgan fingerprint density at radius 2 is 2.04 bits per heavy atom. The summed E-state index contributed by atoms with van der Waals surface area (Å²) in [6, 6.07) is 15.2. The summed E-state index contributed by atoms with van der Waals surface area (Å²) in [6.45, 7) is 0.